The van der Waals surface area contributed by atoms with E-state index in [-0.39, 0.29) is 18.1 Å². The Morgan fingerprint density at radius 3 is 2.58 bits per heavy atom. The van der Waals surface area contributed by atoms with Gasteiger partial charge in [0.25, 0.3) is 0 Å². The number of halogens is 2. The summed E-state index contributed by atoms with van der Waals surface area (Å²) in [6, 6.07) is 11.6. The van der Waals surface area contributed by atoms with Gasteiger partial charge in [-0.1, -0.05) is 35.9 Å². The molecule has 100 valence electrons. The van der Waals surface area contributed by atoms with Gasteiger partial charge in [-0.2, -0.15) is 0 Å². The molecular weight excluding hydrogens is 285 g/mol. The van der Waals surface area contributed by atoms with E-state index in [1.165, 1.54) is 6.07 Å². The van der Waals surface area contributed by atoms with E-state index in [2.05, 4.69) is 0 Å². The Hall–Kier alpha value is -1.23. The molecule has 0 saturated heterocycles. The molecule has 0 spiro atoms. The zero-order chi connectivity index (χ0) is 13.8. The molecule has 0 radical (unpaired) electrons. The van der Waals surface area contributed by atoms with Crippen LogP contribution in [0.3, 0.4) is 0 Å². The Morgan fingerprint density at radius 2 is 1.95 bits per heavy atom. The minimum Gasteiger partial charge on any atom is -0.326 e. The molecule has 0 aliphatic rings. The third-order valence-electron chi connectivity index (χ3n) is 2.72. The van der Waals surface area contributed by atoms with Crippen LogP contribution in [0.1, 0.15) is 11.1 Å². The lowest BCUT2D eigenvalue weighted by molar-refractivity contribution is 0.613. The molecule has 0 aliphatic heterocycles. The van der Waals surface area contributed by atoms with Crippen molar-refractivity contribution in [3.63, 3.8) is 0 Å². The van der Waals surface area contributed by atoms with E-state index < -0.39 is 10.8 Å². The normalized spacial score (nSPS) is 12.4. The van der Waals surface area contributed by atoms with Gasteiger partial charge in [0.05, 0.1) is 26.5 Å². The molecule has 0 aromatic heterocycles. The largest absolute Gasteiger partial charge is 0.326 e. The van der Waals surface area contributed by atoms with E-state index in [4.69, 9.17) is 17.3 Å². The highest BCUT2D eigenvalue weighted by atomic mass is 35.5. The second-order valence-corrected chi connectivity index (χ2v) is 5.88. The van der Waals surface area contributed by atoms with Gasteiger partial charge in [0.2, 0.25) is 0 Å². The van der Waals surface area contributed by atoms with Crippen molar-refractivity contribution in [1.29, 1.82) is 0 Å². The molecule has 19 heavy (non-hydrogen) atoms. The van der Waals surface area contributed by atoms with Crippen LogP contribution >= 0.6 is 11.6 Å². The monoisotopic (exact) mass is 297 g/mol. The summed E-state index contributed by atoms with van der Waals surface area (Å²) < 4.78 is 26.0. The number of hydrogen-bond acceptors (Lipinski definition) is 2. The topological polar surface area (TPSA) is 43.1 Å². The SMILES string of the molecule is NCc1ccc(CS(=O)c2ccccc2Cl)c(F)c1. The standard InChI is InChI=1S/C14H13ClFNOS/c15-12-3-1-2-4-14(12)19(18)9-11-6-5-10(8-17)7-13(11)16/h1-7H,8-9,17H2. The van der Waals surface area contributed by atoms with Crippen LogP contribution in [0.25, 0.3) is 0 Å². The third-order valence-corrected chi connectivity index (χ3v) is 4.58. The number of hydrogen-bond donors (Lipinski definition) is 1. The molecule has 0 aliphatic carbocycles. The minimum atomic E-state index is -1.37. The fraction of sp³-hybridized carbons (Fsp3) is 0.143. The Kier molecular flexibility index (Phi) is 4.69. The van der Waals surface area contributed by atoms with Crippen LogP contribution in [0, 0.1) is 5.82 Å². The zero-order valence-corrected chi connectivity index (χ0v) is 11.7. The van der Waals surface area contributed by atoms with Gasteiger partial charge in [-0.05, 0) is 23.8 Å². The van der Waals surface area contributed by atoms with Crippen LogP contribution in [-0.2, 0) is 23.1 Å². The van der Waals surface area contributed by atoms with Crippen molar-refractivity contribution in [2.75, 3.05) is 0 Å². The molecule has 0 amide bonds. The summed E-state index contributed by atoms with van der Waals surface area (Å²) in [6.07, 6.45) is 0. The van der Waals surface area contributed by atoms with E-state index in [1.54, 1.807) is 36.4 Å². The summed E-state index contributed by atoms with van der Waals surface area (Å²) in [5.74, 6) is -0.288. The van der Waals surface area contributed by atoms with Gasteiger partial charge >= 0.3 is 0 Å². The zero-order valence-electron chi connectivity index (χ0n) is 10.1. The predicted octanol–water partition coefficient (Wildman–Crippen LogP) is 3.25. The fourth-order valence-corrected chi connectivity index (χ4v) is 3.27. The Bertz CT molecular complexity index is 618. The van der Waals surface area contributed by atoms with Crippen molar-refractivity contribution >= 4 is 22.4 Å². The van der Waals surface area contributed by atoms with E-state index in [9.17, 15) is 8.60 Å². The van der Waals surface area contributed by atoms with Crippen molar-refractivity contribution in [2.45, 2.75) is 17.2 Å². The summed E-state index contributed by atoms with van der Waals surface area (Å²) in [4.78, 5) is 0.520. The molecule has 1 atom stereocenters. The molecule has 2 aromatic carbocycles. The Morgan fingerprint density at radius 1 is 1.21 bits per heavy atom. The summed E-state index contributed by atoms with van der Waals surface area (Å²) in [7, 11) is -1.37. The fourth-order valence-electron chi connectivity index (χ4n) is 1.68. The summed E-state index contributed by atoms with van der Waals surface area (Å²) in [6.45, 7) is 0.283. The molecule has 0 fully saturated rings. The van der Waals surface area contributed by atoms with Crippen LogP contribution in [0.5, 0.6) is 0 Å². The molecule has 2 aromatic rings. The van der Waals surface area contributed by atoms with Crippen molar-refractivity contribution in [1.82, 2.24) is 0 Å². The summed E-state index contributed by atoms with van der Waals surface area (Å²) >= 11 is 5.97. The molecule has 0 heterocycles. The quantitative estimate of drug-likeness (QED) is 0.941. The maximum Gasteiger partial charge on any atom is 0.127 e. The highest BCUT2D eigenvalue weighted by Crippen LogP contribution is 2.22. The molecule has 2 nitrogen and oxygen atoms in total. The number of rotatable bonds is 4. The number of benzene rings is 2. The molecule has 0 bridgehead atoms. The van der Waals surface area contributed by atoms with Crippen LogP contribution in [0.15, 0.2) is 47.4 Å². The second kappa shape index (κ2) is 6.28. The summed E-state index contributed by atoms with van der Waals surface area (Å²) in [5, 5.41) is 0.430. The smallest absolute Gasteiger partial charge is 0.127 e. The van der Waals surface area contributed by atoms with Crippen LogP contribution < -0.4 is 5.73 Å². The summed E-state index contributed by atoms with van der Waals surface area (Å²) in [5.41, 5.74) is 6.55. The van der Waals surface area contributed by atoms with Crippen LogP contribution in [0.2, 0.25) is 5.02 Å². The lowest BCUT2D eigenvalue weighted by Crippen LogP contribution is -2.02. The maximum absolute atomic E-state index is 13.8. The number of nitrogens with two attached hydrogens (primary N) is 1. The highest BCUT2D eigenvalue weighted by molar-refractivity contribution is 7.84. The average Bonchev–Trinajstić information content (AvgIpc) is 2.41. The van der Waals surface area contributed by atoms with Gasteiger partial charge in [-0.15, -0.1) is 0 Å². The van der Waals surface area contributed by atoms with Crippen molar-refractivity contribution in [3.05, 3.63) is 64.4 Å². The molecular formula is C14H13ClFNOS. The molecule has 5 heteroatoms. The second-order valence-electron chi connectivity index (χ2n) is 4.05. The first-order valence-electron chi connectivity index (χ1n) is 5.72. The lowest BCUT2D eigenvalue weighted by Gasteiger charge is -2.07. The third kappa shape index (κ3) is 3.41. The van der Waals surface area contributed by atoms with Gasteiger partial charge in [0.1, 0.15) is 5.82 Å². The van der Waals surface area contributed by atoms with Crippen molar-refractivity contribution in [2.24, 2.45) is 5.73 Å². The first-order valence-corrected chi connectivity index (χ1v) is 7.42. The first kappa shape index (κ1) is 14.2. The van der Waals surface area contributed by atoms with Crippen LogP contribution in [-0.4, -0.2) is 4.21 Å². The first-order chi connectivity index (χ1) is 9.11. The van der Waals surface area contributed by atoms with Gasteiger partial charge in [0, 0.05) is 12.1 Å². The Balaban J connectivity index is 2.22. The van der Waals surface area contributed by atoms with E-state index in [0.717, 1.165) is 0 Å². The van der Waals surface area contributed by atoms with Crippen LogP contribution in [0.4, 0.5) is 4.39 Å². The molecule has 2 N–H and O–H groups in total. The minimum absolute atomic E-state index is 0.0976. The van der Waals surface area contributed by atoms with Crippen molar-refractivity contribution in [3.8, 4) is 0 Å². The van der Waals surface area contributed by atoms with Gasteiger partial charge in [-0.3, -0.25) is 4.21 Å². The Labute approximate surface area is 118 Å². The maximum atomic E-state index is 13.8. The molecule has 1 unspecified atom stereocenters. The van der Waals surface area contributed by atoms with Gasteiger partial charge < -0.3 is 5.73 Å². The molecule has 2 rings (SSSR count). The van der Waals surface area contributed by atoms with Gasteiger partial charge in [-0.25, -0.2) is 4.39 Å². The molecule has 0 saturated carbocycles. The highest BCUT2D eigenvalue weighted by Gasteiger charge is 2.12. The van der Waals surface area contributed by atoms with E-state index in [0.29, 0.717) is 21.0 Å². The van der Waals surface area contributed by atoms with E-state index >= 15 is 0 Å². The predicted molar refractivity (Wildman–Crippen MR) is 75.9 cm³/mol. The average molecular weight is 298 g/mol. The van der Waals surface area contributed by atoms with Gasteiger partial charge in [0.15, 0.2) is 0 Å². The van der Waals surface area contributed by atoms with Crippen molar-refractivity contribution < 1.29 is 8.60 Å². The lowest BCUT2D eigenvalue weighted by atomic mass is 10.1. The van der Waals surface area contributed by atoms with E-state index in [1.807, 2.05) is 0 Å².